The second kappa shape index (κ2) is 6.38. The van der Waals surface area contributed by atoms with Crippen LogP contribution in [0.5, 0.6) is 0 Å². The lowest BCUT2D eigenvalue weighted by Crippen LogP contribution is -1.97. The van der Waals surface area contributed by atoms with Gasteiger partial charge in [-0.3, -0.25) is 4.79 Å². The molecule has 0 radical (unpaired) electrons. The van der Waals surface area contributed by atoms with E-state index in [1.54, 1.807) is 0 Å². The number of carboxylic acid groups (broad SMARTS) is 1. The van der Waals surface area contributed by atoms with Crippen molar-refractivity contribution in [3.8, 4) is 11.1 Å². The van der Waals surface area contributed by atoms with Gasteiger partial charge in [0.05, 0.1) is 0 Å². The standard InChI is InChI=1S/C18H20O2/c1-3-15-12-13(2)4-10-17(15)16-8-5-14(6-9-16)7-11-18(19)20/h4-6,8-10,12H,3,7,11H2,1-2H3,(H,19,20). The van der Waals surface area contributed by atoms with Crippen LogP contribution in [-0.4, -0.2) is 11.1 Å². The third-order valence-corrected chi connectivity index (χ3v) is 3.53. The third kappa shape index (κ3) is 3.47. The van der Waals surface area contributed by atoms with E-state index in [-0.39, 0.29) is 6.42 Å². The lowest BCUT2D eigenvalue weighted by molar-refractivity contribution is -0.136. The van der Waals surface area contributed by atoms with Gasteiger partial charge in [0.15, 0.2) is 0 Å². The second-order valence-electron chi connectivity index (χ2n) is 5.10. The summed E-state index contributed by atoms with van der Waals surface area (Å²) in [6.07, 6.45) is 1.78. The average molecular weight is 268 g/mol. The van der Waals surface area contributed by atoms with Gasteiger partial charge in [-0.25, -0.2) is 0 Å². The predicted molar refractivity (Wildman–Crippen MR) is 81.9 cm³/mol. The Kier molecular flexibility index (Phi) is 4.57. The van der Waals surface area contributed by atoms with Crippen molar-refractivity contribution in [2.24, 2.45) is 0 Å². The summed E-state index contributed by atoms with van der Waals surface area (Å²) in [5.74, 6) is -0.749. The minimum Gasteiger partial charge on any atom is -0.481 e. The van der Waals surface area contributed by atoms with Crippen LogP contribution in [0.1, 0.15) is 30.0 Å². The normalized spacial score (nSPS) is 10.5. The summed E-state index contributed by atoms with van der Waals surface area (Å²) in [6, 6.07) is 14.7. The largest absolute Gasteiger partial charge is 0.481 e. The molecule has 104 valence electrons. The first-order valence-electron chi connectivity index (χ1n) is 7.00. The number of carboxylic acids is 1. The molecular formula is C18H20O2. The molecule has 0 saturated heterocycles. The van der Waals surface area contributed by atoms with Crippen molar-refractivity contribution in [2.75, 3.05) is 0 Å². The number of rotatable bonds is 5. The summed E-state index contributed by atoms with van der Waals surface area (Å²) in [5, 5.41) is 8.70. The number of hydrogen-bond donors (Lipinski definition) is 1. The van der Waals surface area contributed by atoms with Crippen LogP contribution in [0.25, 0.3) is 11.1 Å². The van der Waals surface area contributed by atoms with Crippen LogP contribution < -0.4 is 0 Å². The molecule has 2 aromatic rings. The first-order valence-corrected chi connectivity index (χ1v) is 7.00. The van der Waals surface area contributed by atoms with Gasteiger partial charge in [-0.05, 0) is 42.0 Å². The van der Waals surface area contributed by atoms with Crippen molar-refractivity contribution >= 4 is 5.97 Å². The molecule has 2 aromatic carbocycles. The summed E-state index contributed by atoms with van der Waals surface area (Å²) in [5.41, 5.74) is 6.16. The predicted octanol–water partition coefficient (Wildman–Crippen LogP) is 4.24. The van der Waals surface area contributed by atoms with E-state index < -0.39 is 5.97 Å². The molecule has 0 atom stereocenters. The highest BCUT2D eigenvalue weighted by molar-refractivity contribution is 5.69. The second-order valence-corrected chi connectivity index (χ2v) is 5.10. The summed E-state index contributed by atoms with van der Waals surface area (Å²) >= 11 is 0. The molecule has 0 unspecified atom stereocenters. The third-order valence-electron chi connectivity index (χ3n) is 3.53. The van der Waals surface area contributed by atoms with Crippen LogP contribution in [0, 0.1) is 6.92 Å². The molecule has 0 bridgehead atoms. The molecule has 0 spiro atoms. The zero-order valence-corrected chi connectivity index (χ0v) is 12.0. The molecule has 0 aromatic heterocycles. The molecular weight excluding hydrogens is 248 g/mol. The van der Waals surface area contributed by atoms with Gasteiger partial charge in [-0.2, -0.15) is 0 Å². The number of hydrogen-bond acceptors (Lipinski definition) is 1. The Balaban J connectivity index is 2.23. The average Bonchev–Trinajstić information content (AvgIpc) is 2.45. The smallest absolute Gasteiger partial charge is 0.303 e. The summed E-state index contributed by atoms with van der Waals surface area (Å²) in [6.45, 7) is 4.28. The van der Waals surface area contributed by atoms with Crippen LogP contribution in [0.15, 0.2) is 42.5 Å². The summed E-state index contributed by atoms with van der Waals surface area (Å²) in [4.78, 5) is 10.6. The zero-order valence-electron chi connectivity index (χ0n) is 12.0. The molecule has 0 saturated carbocycles. The Bertz CT molecular complexity index is 597. The van der Waals surface area contributed by atoms with Crippen molar-refractivity contribution in [2.45, 2.75) is 33.1 Å². The van der Waals surface area contributed by atoms with Crippen LogP contribution in [0.3, 0.4) is 0 Å². The maximum atomic E-state index is 10.6. The van der Waals surface area contributed by atoms with Crippen LogP contribution in [0.4, 0.5) is 0 Å². The summed E-state index contributed by atoms with van der Waals surface area (Å²) in [7, 11) is 0. The monoisotopic (exact) mass is 268 g/mol. The highest BCUT2D eigenvalue weighted by Crippen LogP contribution is 2.25. The van der Waals surface area contributed by atoms with Gasteiger partial charge in [0.25, 0.3) is 0 Å². The molecule has 0 heterocycles. The highest BCUT2D eigenvalue weighted by atomic mass is 16.4. The molecule has 0 aliphatic carbocycles. The Morgan fingerprint density at radius 1 is 1.10 bits per heavy atom. The number of carbonyl (C=O) groups is 1. The van der Waals surface area contributed by atoms with Gasteiger partial charge in [0.1, 0.15) is 0 Å². The molecule has 0 amide bonds. The van der Waals surface area contributed by atoms with E-state index in [0.717, 1.165) is 12.0 Å². The van der Waals surface area contributed by atoms with Crippen LogP contribution >= 0.6 is 0 Å². The van der Waals surface area contributed by atoms with E-state index in [1.807, 2.05) is 12.1 Å². The van der Waals surface area contributed by atoms with E-state index >= 15 is 0 Å². The fourth-order valence-corrected chi connectivity index (χ4v) is 2.40. The maximum Gasteiger partial charge on any atom is 0.303 e. The maximum absolute atomic E-state index is 10.6. The van der Waals surface area contributed by atoms with Crippen LogP contribution in [0.2, 0.25) is 0 Å². The van der Waals surface area contributed by atoms with E-state index in [0.29, 0.717) is 6.42 Å². The van der Waals surface area contributed by atoms with Gasteiger partial charge in [0, 0.05) is 6.42 Å². The molecule has 1 N–H and O–H groups in total. The molecule has 0 aliphatic rings. The Morgan fingerprint density at radius 3 is 2.40 bits per heavy atom. The highest BCUT2D eigenvalue weighted by Gasteiger charge is 2.05. The fourth-order valence-electron chi connectivity index (χ4n) is 2.40. The van der Waals surface area contributed by atoms with Gasteiger partial charge in [-0.15, -0.1) is 0 Å². The van der Waals surface area contributed by atoms with Crippen molar-refractivity contribution in [3.63, 3.8) is 0 Å². The Morgan fingerprint density at radius 2 is 1.80 bits per heavy atom. The lowest BCUT2D eigenvalue weighted by atomic mass is 9.95. The SMILES string of the molecule is CCc1cc(C)ccc1-c1ccc(CCC(=O)O)cc1. The van der Waals surface area contributed by atoms with Crippen molar-refractivity contribution in [1.29, 1.82) is 0 Å². The van der Waals surface area contributed by atoms with Crippen molar-refractivity contribution in [3.05, 3.63) is 59.2 Å². The molecule has 2 heteroatoms. The molecule has 20 heavy (non-hydrogen) atoms. The Hall–Kier alpha value is -2.09. The van der Waals surface area contributed by atoms with Gasteiger partial charge in [0.2, 0.25) is 0 Å². The van der Waals surface area contributed by atoms with E-state index in [1.165, 1.54) is 22.3 Å². The Labute approximate surface area is 120 Å². The fraction of sp³-hybridized carbons (Fsp3) is 0.278. The number of aryl methyl sites for hydroxylation is 3. The minimum absolute atomic E-state index is 0.185. The zero-order chi connectivity index (χ0) is 14.5. The van der Waals surface area contributed by atoms with Crippen molar-refractivity contribution < 1.29 is 9.90 Å². The molecule has 0 fully saturated rings. The number of benzene rings is 2. The van der Waals surface area contributed by atoms with Crippen LogP contribution in [-0.2, 0) is 17.6 Å². The van der Waals surface area contributed by atoms with Gasteiger partial charge >= 0.3 is 5.97 Å². The minimum atomic E-state index is -0.749. The quantitative estimate of drug-likeness (QED) is 0.880. The first kappa shape index (κ1) is 14.3. The van der Waals surface area contributed by atoms with E-state index in [2.05, 4.69) is 44.2 Å². The van der Waals surface area contributed by atoms with E-state index in [4.69, 9.17) is 5.11 Å². The first-order chi connectivity index (χ1) is 9.60. The molecule has 0 aliphatic heterocycles. The van der Waals surface area contributed by atoms with Gasteiger partial charge < -0.3 is 5.11 Å². The van der Waals surface area contributed by atoms with Gasteiger partial charge in [-0.1, -0.05) is 55.0 Å². The van der Waals surface area contributed by atoms with Crippen molar-refractivity contribution in [1.82, 2.24) is 0 Å². The topological polar surface area (TPSA) is 37.3 Å². The number of aliphatic carboxylic acids is 1. The molecule has 2 nitrogen and oxygen atoms in total. The lowest BCUT2D eigenvalue weighted by Gasteiger charge is -2.10. The molecule has 2 rings (SSSR count). The summed E-state index contributed by atoms with van der Waals surface area (Å²) < 4.78 is 0. The van der Waals surface area contributed by atoms with E-state index in [9.17, 15) is 4.79 Å².